The molecule has 0 aliphatic carbocycles. The summed E-state index contributed by atoms with van der Waals surface area (Å²) in [6.45, 7) is 5.09. The number of benzene rings is 2. The highest BCUT2D eigenvalue weighted by Gasteiger charge is 2.27. The first-order valence-corrected chi connectivity index (χ1v) is 9.19. The summed E-state index contributed by atoms with van der Waals surface area (Å²) in [6.07, 6.45) is -0.0459. The van der Waals surface area contributed by atoms with Gasteiger partial charge in [0, 0.05) is 5.56 Å². The van der Waals surface area contributed by atoms with E-state index in [1.54, 1.807) is 0 Å². The van der Waals surface area contributed by atoms with E-state index in [1.807, 2.05) is 35.9 Å². The van der Waals surface area contributed by atoms with Crippen LogP contribution in [0.3, 0.4) is 0 Å². The molecule has 0 spiro atoms. The summed E-state index contributed by atoms with van der Waals surface area (Å²) in [4.78, 5) is 4.53. The zero-order chi connectivity index (χ0) is 19.1. The van der Waals surface area contributed by atoms with Crippen LogP contribution in [-0.4, -0.2) is 25.1 Å². The van der Waals surface area contributed by atoms with Gasteiger partial charge in [-0.25, -0.2) is 4.68 Å². The van der Waals surface area contributed by atoms with E-state index in [0.29, 0.717) is 30.6 Å². The van der Waals surface area contributed by atoms with E-state index in [4.69, 9.17) is 9.26 Å². The highest BCUT2D eigenvalue weighted by molar-refractivity contribution is 5.61. The number of hydrogen-bond donors (Lipinski definition) is 0. The molecule has 7 heteroatoms. The number of aromatic nitrogens is 5. The Morgan fingerprint density at radius 3 is 2.68 bits per heavy atom. The monoisotopic (exact) mass is 373 g/mol. The average Bonchev–Trinajstić information content (AvgIpc) is 3.35. The lowest BCUT2D eigenvalue weighted by Gasteiger charge is -2.24. The van der Waals surface area contributed by atoms with Crippen LogP contribution in [0.2, 0.25) is 0 Å². The van der Waals surface area contributed by atoms with Crippen LogP contribution < -0.4 is 0 Å². The summed E-state index contributed by atoms with van der Waals surface area (Å²) < 4.78 is 13.4. The van der Waals surface area contributed by atoms with E-state index in [9.17, 15) is 0 Å². The average molecular weight is 373 g/mol. The maximum Gasteiger partial charge on any atom is 0.258 e. The Morgan fingerprint density at radius 2 is 1.86 bits per heavy atom. The summed E-state index contributed by atoms with van der Waals surface area (Å²) >= 11 is 0. The van der Waals surface area contributed by atoms with Crippen LogP contribution in [0.15, 0.2) is 53.1 Å². The first-order valence-electron chi connectivity index (χ1n) is 9.19. The Morgan fingerprint density at radius 1 is 1.04 bits per heavy atom. The highest BCUT2D eigenvalue weighted by Crippen LogP contribution is 2.31. The molecule has 1 atom stereocenters. The minimum absolute atomic E-state index is 0.0459. The van der Waals surface area contributed by atoms with Gasteiger partial charge in [-0.1, -0.05) is 58.4 Å². The van der Waals surface area contributed by atoms with E-state index in [2.05, 4.69) is 51.6 Å². The van der Waals surface area contributed by atoms with E-state index < -0.39 is 0 Å². The largest absolute Gasteiger partial charge is 0.365 e. The van der Waals surface area contributed by atoms with Crippen molar-refractivity contribution >= 4 is 0 Å². The molecule has 1 aliphatic heterocycles. The summed E-state index contributed by atoms with van der Waals surface area (Å²) in [5.41, 5.74) is 5.82. The molecule has 0 saturated heterocycles. The Balaban J connectivity index is 1.43. The van der Waals surface area contributed by atoms with Gasteiger partial charge in [0.05, 0.1) is 18.8 Å². The predicted molar refractivity (Wildman–Crippen MR) is 102 cm³/mol. The maximum atomic E-state index is 6.07. The van der Waals surface area contributed by atoms with Crippen LogP contribution >= 0.6 is 0 Å². The number of aryl methyl sites for hydroxylation is 2. The molecule has 5 rings (SSSR count). The third-order valence-corrected chi connectivity index (χ3v) is 5.06. The zero-order valence-electron chi connectivity index (χ0n) is 15.7. The van der Waals surface area contributed by atoms with Crippen LogP contribution in [0.4, 0.5) is 0 Å². The Kier molecular flexibility index (Phi) is 4.02. The normalized spacial score (nSPS) is 16.1. The molecule has 0 amide bonds. The minimum Gasteiger partial charge on any atom is -0.365 e. The van der Waals surface area contributed by atoms with Gasteiger partial charge in [-0.2, -0.15) is 4.98 Å². The van der Waals surface area contributed by atoms with Gasteiger partial charge >= 0.3 is 0 Å². The predicted octanol–water partition coefficient (Wildman–Crippen LogP) is 3.88. The number of nitrogens with zero attached hydrogens (tertiary/aromatic N) is 5. The number of fused-ring (bicyclic) bond motifs is 1. The van der Waals surface area contributed by atoms with Crippen molar-refractivity contribution in [2.45, 2.75) is 33.1 Å². The minimum atomic E-state index is -0.0459. The van der Waals surface area contributed by atoms with Gasteiger partial charge in [-0.15, -0.1) is 5.10 Å². The molecular formula is C21H19N5O2. The topological polar surface area (TPSA) is 78.9 Å². The maximum absolute atomic E-state index is 6.07. The van der Waals surface area contributed by atoms with Gasteiger partial charge in [-0.05, 0) is 31.0 Å². The summed E-state index contributed by atoms with van der Waals surface area (Å²) in [5, 5.41) is 12.7. The van der Waals surface area contributed by atoms with Crippen LogP contribution in [-0.2, 0) is 17.9 Å². The molecule has 0 unspecified atom stereocenters. The van der Waals surface area contributed by atoms with E-state index >= 15 is 0 Å². The van der Waals surface area contributed by atoms with Crippen molar-refractivity contribution in [2.24, 2.45) is 0 Å². The van der Waals surface area contributed by atoms with Gasteiger partial charge < -0.3 is 9.26 Å². The highest BCUT2D eigenvalue weighted by atomic mass is 16.5. The fourth-order valence-corrected chi connectivity index (χ4v) is 3.41. The lowest BCUT2D eigenvalue weighted by molar-refractivity contribution is -0.00112. The molecule has 0 radical (unpaired) electrons. The standard InChI is InChI=1S/C21H19N5O2/c1-13-7-9-15(10-8-13)18-11-26-17(12-27-18)19(23-25-26)20-22-21(28-24-20)16-6-4-3-5-14(16)2/h3-10,18H,11-12H2,1-2H3/t18-/m0/s1. The molecule has 1 aliphatic rings. The van der Waals surface area contributed by atoms with Crippen LogP contribution in [0.5, 0.6) is 0 Å². The number of hydrogen-bond acceptors (Lipinski definition) is 6. The Labute approximate surface area is 162 Å². The second-order valence-corrected chi connectivity index (χ2v) is 7.02. The van der Waals surface area contributed by atoms with Crippen molar-refractivity contribution < 1.29 is 9.26 Å². The van der Waals surface area contributed by atoms with Crippen molar-refractivity contribution in [3.63, 3.8) is 0 Å². The molecule has 7 nitrogen and oxygen atoms in total. The third kappa shape index (κ3) is 2.90. The molecule has 0 saturated carbocycles. The molecule has 140 valence electrons. The van der Waals surface area contributed by atoms with Crippen LogP contribution in [0, 0.1) is 13.8 Å². The third-order valence-electron chi connectivity index (χ3n) is 5.06. The van der Waals surface area contributed by atoms with E-state index in [0.717, 1.165) is 22.4 Å². The first kappa shape index (κ1) is 16.8. The molecule has 0 N–H and O–H groups in total. The molecule has 4 aromatic rings. The van der Waals surface area contributed by atoms with Crippen molar-refractivity contribution in [2.75, 3.05) is 0 Å². The molecule has 2 aromatic carbocycles. The van der Waals surface area contributed by atoms with Crippen molar-refractivity contribution in [3.05, 3.63) is 70.9 Å². The fraction of sp³-hybridized carbons (Fsp3) is 0.238. The van der Waals surface area contributed by atoms with Gasteiger partial charge in [0.1, 0.15) is 6.10 Å². The van der Waals surface area contributed by atoms with Crippen molar-refractivity contribution in [3.8, 4) is 23.0 Å². The lowest BCUT2D eigenvalue weighted by atomic mass is 10.1. The van der Waals surface area contributed by atoms with Gasteiger partial charge in [0.15, 0.2) is 5.69 Å². The fourth-order valence-electron chi connectivity index (χ4n) is 3.41. The molecule has 2 aromatic heterocycles. The van der Waals surface area contributed by atoms with Crippen molar-refractivity contribution in [1.29, 1.82) is 0 Å². The zero-order valence-corrected chi connectivity index (χ0v) is 15.7. The second kappa shape index (κ2) is 6.69. The molecule has 3 heterocycles. The van der Waals surface area contributed by atoms with Crippen LogP contribution in [0.25, 0.3) is 23.0 Å². The number of ether oxygens (including phenoxy) is 1. The van der Waals surface area contributed by atoms with E-state index in [1.165, 1.54) is 5.56 Å². The smallest absolute Gasteiger partial charge is 0.258 e. The molecular weight excluding hydrogens is 354 g/mol. The summed E-state index contributed by atoms with van der Waals surface area (Å²) in [6, 6.07) is 16.3. The van der Waals surface area contributed by atoms with Crippen LogP contribution in [0.1, 0.15) is 28.5 Å². The SMILES string of the molecule is Cc1ccc([C@@H]2Cn3nnc(-c4noc(-c5ccccc5C)n4)c3CO2)cc1. The Bertz CT molecular complexity index is 1130. The van der Waals surface area contributed by atoms with Gasteiger partial charge in [0.25, 0.3) is 5.89 Å². The quantitative estimate of drug-likeness (QED) is 0.542. The van der Waals surface area contributed by atoms with E-state index in [-0.39, 0.29) is 6.10 Å². The number of rotatable bonds is 3. The summed E-state index contributed by atoms with van der Waals surface area (Å²) in [7, 11) is 0. The molecule has 0 bridgehead atoms. The molecule has 0 fully saturated rings. The van der Waals surface area contributed by atoms with Gasteiger partial charge in [0.2, 0.25) is 5.82 Å². The first-order chi connectivity index (χ1) is 13.7. The summed E-state index contributed by atoms with van der Waals surface area (Å²) in [5.74, 6) is 0.904. The van der Waals surface area contributed by atoms with Gasteiger partial charge in [-0.3, -0.25) is 0 Å². The molecule has 28 heavy (non-hydrogen) atoms. The Hall–Kier alpha value is -3.32. The second-order valence-electron chi connectivity index (χ2n) is 7.02. The van der Waals surface area contributed by atoms with Crippen molar-refractivity contribution in [1.82, 2.24) is 25.1 Å². The lowest BCUT2D eigenvalue weighted by Crippen LogP contribution is -2.22.